The summed E-state index contributed by atoms with van der Waals surface area (Å²) in [4.78, 5) is 4.08. The van der Waals surface area contributed by atoms with E-state index in [1.54, 1.807) is 18.2 Å². The number of rotatable bonds is 1. The van der Waals surface area contributed by atoms with Gasteiger partial charge in [0, 0.05) is 17.6 Å². The first-order chi connectivity index (χ1) is 6.75. The summed E-state index contributed by atoms with van der Waals surface area (Å²) in [5.74, 6) is 0.521. The van der Waals surface area contributed by atoms with E-state index in [1.165, 1.54) is 0 Å². The van der Waals surface area contributed by atoms with Crippen molar-refractivity contribution < 1.29 is 4.74 Å². The van der Waals surface area contributed by atoms with Crippen molar-refractivity contribution in [2.75, 3.05) is 13.1 Å². The molecule has 74 valence electrons. The molecule has 1 aromatic carbocycles. The number of benzene rings is 1. The molecule has 1 aliphatic rings. The zero-order valence-electron chi connectivity index (χ0n) is 7.26. The van der Waals surface area contributed by atoms with Crippen molar-refractivity contribution in [3.63, 3.8) is 0 Å². The van der Waals surface area contributed by atoms with Crippen LogP contribution in [0.25, 0.3) is 0 Å². The molecule has 0 bridgehead atoms. The third kappa shape index (κ3) is 2.11. The van der Waals surface area contributed by atoms with Crippen LogP contribution in [-0.2, 0) is 0 Å². The predicted molar refractivity (Wildman–Crippen MR) is 57.4 cm³/mol. The van der Waals surface area contributed by atoms with Crippen LogP contribution in [0.1, 0.15) is 0 Å². The molecule has 1 heterocycles. The molecule has 0 spiro atoms. The van der Waals surface area contributed by atoms with Gasteiger partial charge in [-0.15, -0.1) is 0 Å². The topological polar surface area (TPSA) is 33.6 Å². The van der Waals surface area contributed by atoms with E-state index in [1.807, 2.05) is 0 Å². The summed E-state index contributed by atoms with van der Waals surface area (Å²) in [7, 11) is 0. The van der Waals surface area contributed by atoms with Crippen LogP contribution in [0.15, 0.2) is 23.2 Å². The Labute approximate surface area is 91.7 Å². The third-order valence-electron chi connectivity index (χ3n) is 1.74. The number of ether oxygens (including phenoxy) is 1. The SMILES string of the molecule is Clc1ccc(Cl)c(OC2=NCCN2)c1. The molecule has 0 saturated heterocycles. The molecular weight excluding hydrogens is 223 g/mol. The number of hydrogen-bond acceptors (Lipinski definition) is 3. The molecule has 0 amide bonds. The van der Waals surface area contributed by atoms with Gasteiger partial charge in [-0.2, -0.15) is 0 Å². The first-order valence-electron chi connectivity index (χ1n) is 4.17. The maximum absolute atomic E-state index is 5.91. The van der Waals surface area contributed by atoms with Crippen molar-refractivity contribution in [2.45, 2.75) is 0 Å². The lowest BCUT2D eigenvalue weighted by Gasteiger charge is -2.07. The van der Waals surface area contributed by atoms with Crippen LogP contribution in [0.2, 0.25) is 10.0 Å². The van der Waals surface area contributed by atoms with Gasteiger partial charge in [0.15, 0.2) is 5.75 Å². The van der Waals surface area contributed by atoms with Gasteiger partial charge in [0.05, 0.1) is 11.6 Å². The van der Waals surface area contributed by atoms with Crippen LogP contribution in [0.4, 0.5) is 0 Å². The predicted octanol–water partition coefficient (Wildman–Crippen LogP) is 2.33. The second-order valence-electron chi connectivity index (χ2n) is 2.79. The average Bonchev–Trinajstić information content (AvgIpc) is 2.64. The number of amidine groups is 1. The number of aliphatic imine (C=N–C) groups is 1. The van der Waals surface area contributed by atoms with Gasteiger partial charge in [0.25, 0.3) is 6.02 Å². The number of nitrogens with one attached hydrogen (secondary N) is 1. The summed E-state index contributed by atoms with van der Waals surface area (Å²) in [5.41, 5.74) is 0. The Balaban J connectivity index is 2.19. The van der Waals surface area contributed by atoms with Crippen molar-refractivity contribution in [2.24, 2.45) is 4.99 Å². The maximum Gasteiger partial charge on any atom is 0.290 e. The Morgan fingerprint density at radius 2 is 2.21 bits per heavy atom. The summed E-state index contributed by atoms with van der Waals surface area (Å²) < 4.78 is 5.41. The highest BCUT2D eigenvalue weighted by molar-refractivity contribution is 6.34. The quantitative estimate of drug-likeness (QED) is 0.804. The summed E-state index contributed by atoms with van der Waals surface area (Å²) >= 11 is 11.7. The molecule has 3 nitrogen and oxygen atoms in total. The lowest BCUT2D eigenvalue weighted by atomic mass is 10.3. The molecule has 0 fully saturated rings. The fourth-order valence-electron chi connectivity index (χ4n) is 1.10. The minimum atomic E-state index is 0.495. The third-order valence-corrected chi connectivity index (χ3v) is 2.29. The van der Waals surface area contributed by atoms with Crippen molar-refractivity contribution in [1.29, 1.82) is 0 Å². The van der Waals surface area contributed by atoms with Gasteiger partial charge >= 0.3 is 0 Å². The molecule has 2 rings (SSSR count). The van der Waals surface area contributed by atoms with Gasteiger partial charge in [0.2, 0.25) is 0 Å². The van der Waals surface area contributed by atoms with E-state index < -0.39 is 0 Å². The largest absolute Gasteiger partial charge is 0.424 e. The van der Waals surface area contributed by atoms with Gasteiger partial charge in [0.1, 0.15) is 0 Å². The smallest absolute Gasteiger partial charge is 0.290 e. The minimum Gasteiger partial charge on any atom is -0.424 e. The number of hydrogen-bond donors (Lipinski definition) is 1. The minimum absolute atomic E-state index is 0.495. The van der Waals surface area contributed by atoms with Gasteiger partial charge < -0.3 is 10.1 Å². The highest BCUT2D eigenvalue weighted by Crippen LogP contribution is 2.27. The molecule has 0 aromatic heterocycles. The highest BCUT2D eigenvalue weighted by atomic mass is 35.5. The van der Waals surface area contributed by atoms with Crippen LogP contribution in [0, 0.1) is 0 Å². The van der Waals surface area contributed by atoms with E-state index in [0.717, 1.165) is 13.1 Å². The van der Waals surface area contributed by atoms with Gasteiger partial charge in [-0.3, -0.25) is 0 Å². The van der Waals surface area contributed by atoms with E-state index in [4.69, 9.17) is 27.9 Å². The first-order valence-corrected chi connectivity index (χ1v) is 4.92. The van der Waals surface area contributed by atoms with Crippen LogP contribution in [0.3, 0.4) is 0 Å². The van der Waals surface area contributed by atoms with Gasteiger partial charge in [-0.05, 0) is 12.1 Å². The molecule has 1 N–H and O–H groups in total. The molecule has 5 heteroatoms. The first kappa shape index (κ1) is 9.62. The molecule has 0 aliphatic carbocycles. The zero-order valence-corrected chi connectivity index (χ0v) is 8.77. The Kier molecular flexibility index (Phi) is 2.79. The Hall–Kier alpha value is -0.930. The van der Waals surface area contributed by atoms with Crippen LogP contribution in [0.5, 0.6) is 5.75 Å². The Morgan fingerprint density at radius 3 is 2.93 bits per heavy atom. The molecule has 0 radical (unpaired) electrons. The van der Waals surface area contributed by atoms with Crippen molar-refractivity contribution >= 4 is 29.2 Å². The van der Waals surface area contributed by atoms with Crippen LogP contribution < -0.4 is 10.1 Å². The van der Waals surface area contributed by atoms with E-state index >= 15 is 0 Å². The van der Waals surface area contributed by atoms with Crippen LogP contribution >= 0.6 is 23.2 Å². The van der Waals surface area contributed by atoms with Crippen molar-refractivity contribution in [3.8, 4) is 5.75 Å². The highest BCUT2D eigenvalue weighted by Gasteiger charge is 2.10. The van der Waals surface area contributed by atoms with E-state index in [-0.39, 0.29) is 0 Å². The number of nitrogens with zero attached hydrogens (tertiary/aromatic N) is 1. The molecule has 0 atom stereocenters. The fourth-order valence-corrected chi connectivity index (χ4v) is 1.42. The Bertz CT molecular complexity index is 379. The lowest BCUT2D eigenvalue weighted by molar-refractivity contribution is 0.530. The fraction of sp³-hybridized carbons (Fsp3) is 0.222. The summed E-state index contributed by atoms with van der Waals surface area (Å²) in [6, 6.07) is 5.55. The molecule has 0 unspecified atom stereocenters. The lowest BCUT2D eigenvalue weighted by Crippen LogP contribution is -2.24. The van der Waals surface area contributed by atoms with Crippen LogP contribution in [-0.4, -0.2) is 19.1 Å². The zero-order chi connectivity index (χ0) is 9.97. The molecule has 1 aliphatic heterocycles. The normalized spacial score (nSPS) is 14.9. The monoisotopic (exact) mass is 230 g/mol. The molecule has 0 saturated carbocycles. The van der Waals surface area contributed by atoms with Gasteiger partial charge in [-0.25, -0.2) is 4.99 Å². The van der Waals surface area contributed by atoms with Gasteiger partial charge in [-0.1, -0.05) is 23.2 Å². The van der Waals surface area contributed by atoms with Crippen molar-refractivity contribution in [1.82, 2.24) is 5.32 Å². The standard InChI is InChI=1S/C9H8Cl2N2O/c10-6-1-2-7(11)8(5-6)14-9-12-3-4-13-9/h1-2,5H,3-4H2,(H,12,13). The summed E-state index contributed by atoms with van der Waals surface area (Å²) in [6.07, 6.45) is 0. The average molecular weight is 231 g/mol. The van der Waals surface area contributed by atoms with Crippen molar-refractivity contribution in [3.05, 3.63) is 28.2 Å². The van der Waals surface area contributed by atoms with E-state index in [0.29, 0.717) is 21.8 Å². The maximum atomic E-state index is 5.91. The molecular formula is C9H8Cl2N2O. The second-order valence-corrected chi connectivity index (χ2v) is 3.63. The molecule has 1 aromatic rings. The Morgan fingerprint density at radius 1 is 1.36 bits per heavy atom. The van der Waals surface area contributed by atoms with E-state index in [2.05, 4.69) is 10.3 Å². The second kappa shape index (κ2) is 4.07. The summed E-state index contributed by atoms with van der Waals surface area (Å²) in [5, 5.41) is 4.08. The van der Waals surface area contributed by atoms with E-state index in [9.17, 15) is 0 Å². The summed E-state index contributed by atoms with van der Waals surface area (Å²) in [6.45, 7) is 1.53. The number of halogens is 2. The molecule has 14 heavy (non-hydrogen) atoms.